The van der Waals surface area contributed by atoms with Crippen LogP contribution < -0.4 is 15.8 Å². The first kappa shape index (κ1) is 26.0. The Balaban J connectivity index is 1.23. The summed E-state index contributed by atoms with van der Waals surface area (Å²) in [6.07, 6.45) is 29.6. The van der Waals surface area contributed by atoms with Crippen LogP contribution in [0.15, 0.2) is 138 Å². The lowest BCUT2D eigenvalue weighted by molar-refractivity contribution is 0.672. The predicted octanol–water partition coefficient (Wildman–Crippen LogP) is 7.31. The van der Waals surface area contributed by atoms with Crippen molar-refractivity contribution in [3.63, 3.8) is 0 Å². The van der Waals surface area contributed by atoms with Gasteiger partial charge in [0, 0.05) is 18.0 Å². The van der Waals surface area contributed by atoms with Crippen molar-refractivity contribution in [1.29, 1.82) is 0 Å². The zero-order valence-electron chi connectivity index (χ0n) is 24.6. The molecule has 43 heavy (non-hydrogen) atoms. The molecule has 3 atom stereocenters. The topological polar surface area (TPSA) is 24.9 Å². The van der Waals surface area contributed by atoms with E-state index in [-0.39, 0.29) is 6.04 Å². The number of allylic oxidation sites excluding steroid dienone is 9. The minimum atomic E-state index is 0.130. The molecule has 4 aliphatic carbocycles. The van der Waals surface area contributed by atoms with Crippen LogP contribution in [-0.2, 0) is 6.42 Å². The van der Waals surface area contributed by atoms with Gasteiger partial charge in [0.2, 0.25) is 0 Å². The molecule has 5 aliphatic rings. The molecule has 0 radical (unpaired) electrons. The molecule has 2 aromatic carbocycles. The van der Waals surface area contributed by atoms with E-state index in [0.29, 0.717) is 11.8 Å². The van der Waals surface area contributed by atoms with Gasteiger partial charge in [-0.2, -0.15) is 0 Å². The highest BCUT2D eigenvalue weighted by atomic mass is 15.0. The number of aryl methyl sites for hydroxylation is 2. The SMILES string of the molecule is Cc1ccc(C2=CC=CC(C3=CCCC(C4=c5ccccc5=C(C5=Cc6ccccc6CC5)C5C=CC=CC45)=C3)N2)nc1. The third-order valence-corrected chi connectivity index (χ3v) is 9.61. The second kappa shape index (κ2) is 10.9. The van der Waals surface area contributed by atoms with Crippen LogP contribution in [0.1, 0.15) is 41.6 Å². The largest absolute Gasteiger partial charge is 0.373 e. The van der Waals surface area contributed by atoms with Crippen molar-refractivity contribution >= 4 is 22.9 Å². The summed E-state index contributed by atoms with van der Waals surface area (Å²) >= 11 is 0. The maximum atomic E-state index is 4.67. The van der Waals surface area contributed by atoms with Crippen molar-refractivity contribution in [2.24, 2.45) is 11.8 Å². The van der Waals surface area contributed by atoms with E-state index in [2.05, 4.69) is 139 Å². The molecule has 3 aromatic rings. The summed E-state index contributed by atoms with van der Waals surface area (Å²) in [7, 11) is 0. The number of rotatable bonds is 4. The Labute approximate surface area is 254 Å². The van der Waals surface area contributed by atoms with Crippen LogP contribution in [0, 0.1) is 18.8 Å². The van der Waals surface area contributed by atoms with Gasteiger partial charge < -0.3 is 5.32 Å². The van der Waals surface area contributed by atoms with Crippen LogP contribution in [0.25, 0.3) is 22.9 Å². The number of benzene rings is 2. The summed E-state index contributed by atoms with van der Waals surface area (Å²) in [4.78, 5) is 4.67. The number of nitrogens with zero attached hydrogens (tertiary/aromatic N) is 1. The van der Waals surface area contributed by atoms with E-state index < -0.39 is 0 Å². The number of dihydropyridines is 1. The van der Waals surface area contributed by atoms with Gasteiger partial charge in [-0.05, 0) is 99.7 Å². The second-order valence-corrected chi connectivity index (χ2v) is 12.3. The molecular weight excluding hydrogens is 520 g/mol. The lowest BCUT2D eigenvalue weighted by Crippen LogP contribution is -2.41. The van der Waals surface area contributed by atoms with E-state index in [1.165, 1.54) is 55.0 Å². The van der Waals surface area contributed by atoms with Crippen molar-refractivity contribution in [2.45, 2.75) is 38.6 Å². The van der Waals surface area contributed by atoms with E-state index in [1.54, 1.807) is 0 Å². The molecule has 0 saturated heterocycles. The Morgan fingerprint density at radius 2 is 1.47 bits per heavy atom. The van der Waals surface area contributed by atoms with Crippen molar-refractivity contribution in [3.8, 4) is 0 Å². The Hall–Kier alpha value is -4.69. The first-order chi connectivity index (χ1) is 21.2. The van der Waals surface area contributed by atoms with Crippen molar-refractivity contribution in [3.05, 3.63) is 171 Å². The zero-order chi connectivity index (χ0) is 28.8. The highest BCUT2D eigenvalue weighted by Gasteiger charge is 2.34. The molecule has 0 bridgehead atoms. The summed E-state index contributed by atoms with van der Waals surface area (Å²) in [5.74, 6) is 0.678. The second-order valence-electron chi connectivity index (χ2n) is 12.3. The predicted molar refractivity (Wildman–Crippen MR) is 179 cm³/mol. The average Bonchev–Trinajstić information content (AvgIpc) is 3.07. The van der Waals surface area contributed by atoms with E-state index in [0.717, 1.165) is 37.1 Å². The molecule has 0 saturated carbocycles. The first-order valence-electron chi connectivity index (χ1n) is 15.7. The van der Waals surface area contributed by atoms with Gasteiger partial charge in [-0.1, -0.05) is 109 Å². The van der Waals surface area contributed by atoms with Crippen LogP contribution >= 0.6 is 0 Å². The van der Waals surface area contributed by atoms with E-state index >= 15 is 0 Å². The minimum Gasteiger partial charge on any atom is -0.373 e. The van der Waals surface area contributed by atoms with Crippen LogP contribution in [0.4, 0.5) is 0 Å². The Morgan fingerprint density at radius 1 is 0.721 bits per heavy atom. The van der Waals surface area contributed by atoms with Crippen LogP contribution in [0.3, 0.4) is 0 Å². The highest BCUT2D eigenvalue weighted by Crippen LogP contribution is 2.44. The highest BCUT2D eigenvalue weighted by molar-refractivity contribution is 5.85. The summed E-state index contributed by atoms with van der Waals surface area (Å²) in [6.45, 7) is 2.08. The molecule has 1 N–H and O–H groups in total. The third kappa shape index (κ3) is 4.72. The van der Waals surface area contributed by atoms with E-state index in [9.17, 15) is 0 Å². The number of hydrogen-bond acceptors (Lipinski definition) is 2. The molecule has 2 nitrogen and oxygen atoms in total. The van der Waals surface area contributed by atoms with Gasteiger partial charge in [0.25, 0.3) is 0 Å². The van der Waals surface area contributed by atoms with Gasteiger partial charge >= 0.3 is 0 Å². The van der Waals surface area contributed by atoms with Crippen LogP contribution in [-0.4, -0.2) is 11.0 Å². The van der Waals surface area contributed by atoms with Crippen molar-refractivity contribution in [2.75, 3.05) is 0 Å². The smallest absolute Gasteiger partial charge is 0.0861 e. The molecule has 0 fully saturated rings. The third-order valence-electron chi connectivity index (χ3n) is 9.61. The fourth-order valence-corrected chi connectivity index (χ4v) is 7.55. The molecule has 0 spiro atoms. The quantitative estimate of drug-likeness (QED) is 0.365. The fourth-order valence-electron chi connectivity index (χ4n) is 7.55. The molecule has 2 heteroatoms. The van der Waals surface area contributed by atoms with Gasteiger partial charge in [-0.3, -0.25) is 4.98 Å². The summed E-state index contributed by atoms with van der Waals surface area (Å²) in [5, 5.41) is 6.58. The van der Waals surface area contributed by atoms with Gasteiger partial charge in [0.1, 0.15) is 0 Å². The molecule has 2 heterocycles. The first-order valence-corrected chi connectivity index (χ1v) is 15.7. The molecule has 1 aromatic heterocycles. The molecule has 1 aliphatic heterocycles. The Kier molecular flexibility index (Phi) is 6.56. The lowest BCUT2D eigenvalue weighted by Gasteiger charge is -2.36. The number of fused-ring (bicyclic) bond motifs is 3. The summed E-state index contributed by atoms with van der Waals surface area (Å²) < 4.78 is 0. The van der Waals surface area contributed by atoms with Gasteiger partial charge in [0.15, 0.2) is 0 Å². The maximum absolute atomic E-state index is 4.67. The lowest BCUT2D eigenvalue weighted by atomic mass is 9.67. The molecule has 8 rings (SSSR count). The van der Waals surface area contributed by atoms with E-state index in [4.69, 9.17) is 0 Å². The number of aromatic nitrogens is 1. The fraction of sp³-hybridized carbons (Fsp3) is 0.195. The molecular formula is C41H36N2. The van der Waals surface area contributed by atoms with Crippen molar-refractivity contribution in [1.82, 2.24) is 10.3 Å². The van der Waals surface area contributed by atoms with Crippen LogP contribution in [0.2, 0.25) is 0 Å². The van der Waals surface area contributed by atoms with E-state index in [1.807, 2.05) is 6.20 Å². The number of pyridine rings is 1. The van der Waals surface area contributed by atoms with Gasteiger partial charge in [0.05, 0.1) is 17.4 Å². The summed E-state index contributed by atoms with van der Waals surface area (Å²) in [5.41, 5.74) is 13.4. The molecule has 3 unspecified atom stereocenters. The monoisotopic (exact) mass is 556 g/mol. The molecule has 0 amide bonds. The van der Waals surface area contributed by atoms with Gasteiger partial charge in [-0.25, -0.2) is 0 Å². The zero-order valence-corrected chi connectivity index (χ0v) is 24.6. The summed E-state index contributed by atoms with van der Waals surface area (Å²) in [6, 6.07) is 22.4. The standard InChI is InChI=1S/C41H36N2/c1-27-20-23-38(42-26-27)39-19-9-18-37(43-39)30-12-8-13-31(25-30)40-33-14-4-6-16-35(33)41(36-17-7-5-15-34(36)40)32-22-21-28-10-2-3-11-29(28)24-32/h2-7,9-12,14-20,23-26,33,35,37,43H,8,13,21-22H2,1H3. The molecule has 210 valence electrons. The minimum absolute atomic E-state index is 0.130. The van der Waals surface area contributed by atoms with Crippen LogP contribution in [0.5, 0.6) is 0 Å². The normalized spacial score (nSPS) is 23.7. The average molecular weight is 557 g/mol. The number of nitrogens with one attached hydrogen (secondary N) is 1. The van der Waals surface area contributed by atoms with Gasteiger partial charge in [-0.15, -0.1) is 0 Å². The Bertz CT molecular complexity index is 1960. The Morgan fingerprint density at radius 3 is 2.23 bits per heavy atom. The maximum Gasteiger partial charge on any atom is 0.0861 e. The van der Waals surface area contributed by atoms with Crippen molar-refractivity contribution < 1.29 is 0 Å². The number of hydrogen-bond donors (Lipinski definition) is 1.